The number of rotatable bonds is 22. The van der Waals surface area contributed by atoms with Crippen LogP contribution in [-0.2, 0) is 4.74 Å². The summed E-state index contributed by atoms with van der Waals surface area (Å²) in [7, 11) is 27.5. The van der Waals surface area contributed by atoms with Gasteiger partial charge in [-0.2, -0.15) is 17.6 Å². The van der Waals surface area contributed by atoms with Crippen LogP contribution < -0.4 is 39.1 Å². The van der Waals surface area contributed by atoms with Crippen LogP contribution in [0.2, 0.25) is 0 Å². The minimum Gasteiger partial charge on any atom is -0.493 e. The summed E-state index contributed by atoms with van der Waals surface area (Å²) in [5, 5.41) is 6.79. The van der Waals surface area contributed by atoms with Crippen molar-refractivity contribution in [2.75, 3.05) is 85.1 Å². The molecule has 13 rings (SSSR count). The molecule has 589 valence electrons. The maximum absolute atomic E-state index is 12.9. The molecule has 1 saturated carbocycles. The molecule has 0 atom stereocenters. The number of carbonyl (C=O) groups excluding carboxylic acids is 4. The van der Waals surface area contributed by atoms with Crippen molar-refractivity contribution in [2.24, 2.45) is 5.92 Å². The summed E-state index contributed by atoms with van der Waals surface area (Å²) in [5.41, 5.74) is 8.39. The van der Waals surface area contributed by atoms with Gasteiger partial charge in [0.05, 0.1) is 6.61 Å². The first-order chi connectivity index (χ1) is 54.1. The lowest BCUT2D eigenvalue weighted by molar-refractivity contribution is -0.0508. The normalized spacial score (nSPS) is 16.4. The molecule has 0 bridgehead atoms. The Bertz CT molecular complexity index is 4310. The van der Waals surface area contributed by atoms with E-state index in [0.717, 1.165) is 120 Å². The van der Waals surface area contributed by atoms with Crippen LogP contribution in [0.3, 0.4) is 0 Å². The molecule has 1 aliphatic carbocycles. The van der Waals surface area contributed by atoms with Crippen molar-refractivity contribution in [1.82, 2.24) is 30.2 Å². The molecule has 2 N–H and O–H groups in total. The SMILES string of the molecule is C.CCN(CC)C(=O)c1ccc(C2=CC3(CCN(C(=O)OC(C)(C)C)CC3)Oc3cc(OC(F)F)ccc32)cc1.CCN(CC)C(=O)c1ccc(C2=CC3(CCNCC3)Oc3cc(OC(F)F)ccc32)cc1.CCN(CC)C(=O)c1ccc(C2=CC3(CCNCC3)Oc3cc(OCC4CC4)ccc32)cc1.[B][B]B(B([B])[B])B([B])[B]. The molecule has 7 aliphatic rings. The van der Waals surface area contributed by atoms with Gasteiger partial charge in [0.15, 0.2) is 0 Å². The second-order valence-electron chi connectivity index (χ2n) is 30.2. The smallest absolute Gasteiger partial charge is 0.410 e. The average Bonchev–Trinajstić information content (AvgIpc) is 1.16. The molecule has 3 saturated heterocycles. The van der Waals surface area contributed by atoms with Crippen molar-refractivity contribution < 1.29 is 69.9 Å². The number of piperidine rings is 3. The molecule has 6 aromatic carbocycles. The van der Waals surface area contributed by atoms with Crippen LogP contribution in [0.5, 0.6) is 34.5 Å². The second kappa shape index (κ2) is 40.2. The van der Waals surface area contributed by atoms with Gasteiger partial charge in [-0.1, -0.05) is 43.8 Å². The first-order valence-corrected chi connectivity index (χ1v) is 39.4. The summed E-state index contributed by atoms with van der Waals surface area (Å²) in [4.78, 5) is 57.9. The molecule has 17 nitrogen and oxygen atoms in total. The number of likely N-dealkylation sites (tertiary alicyclic amines) is 1. The number of alkyl halides is 4. The number of halogens is 4. The Hall–Kier alpha value is -8.76. The molecular formula is C84H102B9F4N6O11. The standard InChI is InChI=1S/C30H36F2N2O5.C28H34N2O3.C25H28F2N2O3.CH4.B9/c1-6-33(7-2)26(35)21-10-8-20(9-11-21)24-19-30(14-16-34(17-15-30)28(36)39-29(3,4)5)38-25-18-22(37-27(31)32)12-13-23(24)25;1-3-30(4-2)27(31)22-9-7-21(8-10-22)25-18-28(13-15-29-16-14-28)33-26-17-23(11-12-24(25)26)32-19-20-5-6-20;1-3-29(4-2)23(30)18-7-5-17(6-8-18)21-16-25(11-13-28-14-12-25)32-22-15-19(31-24(26)27)9-10-20(21)22;;1-6-9(7(2)3)8(4)5/h8-13,18-19,27H,6-7,14-17H2,1-5H3;7-12,17-18,20,29H,3-6,13-16,19H2,1-2H3;5-10,15-16,24,28H,3-4,11-14H2,1-2H3;1H4;. The van der Waals surface area contributed by atoms with Crippen molar-refractivity contribution in [3.8, 4) is 34.5 Å². The minimum atomic E-state index is -2.96. The fraction of sp³-hybridized carbons (Fsp3) is 0.452. The van der Waals surface area contributed by atoms with E-state index in [1.807, 2.05) is 116 Å². The lowest BCUT2D eigenvalue weighted by Gasteiger charge is -2.43. The third kappa shape index (κ3) is 22.9. The van der Waals surface area contributed by atoms with Gasteiger partial charge < -0.3 is 63.4 Å². The van der Waals surface area contributed by atoms with E-state index in [1.54, 1.807) is 39.0 Å². The highest BCUT2D eigenvalue weighted by Crippen LogP contribution is 2.48. The van der Waals surface area contributed by atoms with E-state index in [9.17, 15) is 36.7 Å². The van der Waals surface area contributed by atoms with Crippen LogP contribution in [0.4, 0.5) is 22.4 Å². The van der Waals surface area contributed by atoms with Crippen LogP contribution in [0.1, 0.15) is 186 Å². The highest BCUT2D eigenvalue weighted by atomic mass is 19.3. The molecule has 30 heteroatoms. The molecular weight excluding hydrogens is 1440 g/mol. The van der Waals surface area contributed by atoms with Gasteiger partial charge >= 0.3 is 19.3 Å². The molecule has 11 radical (unpaired) electrons. The molecule has 6 aliphatic heterocycles. The Kier molecular flexibility index (Phi) is 31.5. The fourth-order valence-corrected chi connectivity index (χ4v) is 14.7. The van der Waals surface area contributed by atoms with E-state index < -0.39 is 42.8 Å². The molecule has 0 aromatic heterocycles. The summed E-state index contributed by atoms with van der Waals surface area (Å²) >= 11 is 0. The Morgan fingerprint density at radius 2 is 0.825 bits per heavy atom. The predicted octanol–water partition coefficient (Wildman–Crippen LogP) is 13.2. The lowest BCUT2D eigenvalue weighted by atomic mass is 8.64. The van der Waals surface area contributed by atoms with Gasteiger partial charge in [0.2, 0.25) is 0 Å². The zero-order valence-corrected chi connectivity index (χ0v) is 66.4. The molecule has 3 spiro atoms. The van der Waals surface area contributed by atoms with Gasteiger partial charge in [0.1, 0.15) is 56.9 Å². The largest absolute Gasteiger partial charge is 0.493 e. The number of hydrogen-bond donors (Lipinski definition) is 2. The van der Waals surface area contributed by atoms with Crippen LogP contribution in [-0.4, -0.2) is 229 Å². The summed E-state index contributed by atoms with van der Waals surface area (Å²) in [6, 6.07) is 38.7. The Labute approximate surface area is 679 Å². The van der Waals surface area contributed by atoms with E-state index in [-0.39, 0.29) is 54.7 Å². The summed E-state index contributed by atoms with van der Waals surface area (Å²) in [6.45, 7) is 20.6. The van der Waals surface area contributed by atoms with Crippen molar-refractivity contribution in [1.29, 1.82) is 0 Å². The number of hydrogen-bond acceptors (Lipinski definition) is 13. The maximum atomic E-state index is 12.9. The van der Waals surface area contributed by atoms with Crippen LogP contribution in [0, 0.1) is 5.92 Å². The lowest BCUT2D eigenvalue weighted by Crippen LogP contribution is -2.55. The van der Waals surface area contributed by atoms with Gasteiger partial charge in [-0.3, -0.25) is 14.4 Å². The first kappa shape index (κ1) is 89.2. The number of ether oxygens (including phenoxy) is 7. The zero-order valence-electron chi connectivity index (χ0n) is 66.4. The maximum Gasteiger partial charge on any atom is 0.410 e. The Balaban J connectivity index is 0.000000185. The van der Waals surface area contributed by atoms with Crippen molar-refractivity contribution in [3.63, 3.8) is 0 Å². The Morgan fingerprint density at radius 3 is 1.11 bits per heavy atom. The van der Waals surface area contributed by atoms with Gasteiger partial charge in [-0.15, -0.1) is 0 Å². The quantitative estimate of drug-likeness (QED) is 0.0487. The van der Waals surface area contributed by atoms with Gasteiger partial charge in [0, 0.05) is 207 Å². The highest BCUT2D eigenvalue weighted by Gasteiger charge is 2.43. The van der Waals surface area contributed by atoms with Crippen molar-refractivity contribution in [2.45, 2.75) is 157 Å². The minimum absolute atomic E-state index is 0. The van der Waals surface area contributed by atoms with Gasteiger partial charge in [-0.05, 0) is 232 Å². The van der Waals surface area contributed by atoms with Gasteiger partial charge in [0.25, 0.3) is 17.7 Å². The predicted molar refractivity (Wildman–Crippen MR) is 453 cm³/mol. The summed E-state index contributed by atoms with van der Waals surface area (Å²) in [6.07, 6.45) is 11.6. The average molecular weight is 1550 g/mol. The number of amides is 4. The number of nitrogens with zero attached hydrogens (tertiary/aromatic N) is 4. The van der Waals surface area contributed by atoms with E-state index in [2.05, 4.69) is 68.7 Å². The van der Waals surface area contributed by atoms with Crippen LogP contribution >= 0.6 is 0 Å². The molecule has 4 fully saturated rings. The monoisotopic (exact) mass is 1550 g/mol. The second-order valence-corrected chi connectivity index (χ2v) is 30.2. The highest BCUT2D eigenvalue weighted by molar-refractivity contribution is 7.93. The van der Waals surface area contributed by atoms with E-state index in [0.29, 0.717) is 93.7 Å². The van der Waals surface area contributed by atoms with E-state index in [1.165, 1.54) is 49.7 Å². The summed E-state index contributed by atoms with van der Waals surface area (Å²) in [5.74, 6) is 3.59. The molecule has 114 heavy (non-hydrogen) atoms. The van der Waals surface area contributed by atoms with Crippen LogP contribution in [0.25, 0.3) is 16.7 Å². The number of nitrogens with one attached hydrogen (secondary N) is 2. The number of benzene rings is 6. The van der Waals surface area contributed by atoms with E-state index in [4.69, 9.17) is 62.4 Å². The zero-order chi connectivity index (χ0) is 81.4. The third-order valence-corrected chi connectivity index (χ3v) is 21.3. The topological polar surface area (TPSA) is 170 Å². The third-order valence-electron chi connectivity index (χ3n) is 21.3. The Morgan fingerprint density at radius 1 is 0.509 bits per heavy atom. The molecule has 6 heterocycles. The summed E-state index contributed by atoms with van der Waals surface area (Å²) < 4.78 is 91.6. The van der Waals surface area contributed by atoms with E-state index >= 15 is 0 Å². The van der Waals surface area contributed by atoms with Crippen molar-refractivity contribution >= 4 is 105 Å². The van der Waals surface area contributed by atoms with Crippen LogP contribution in [0.15, 0.2) is 146 Å². The number of fused-ring (bicyclic) bond motifs is 3. The fourth-order valence-electron chi connectivity index (χ4n) is 14.7. The first-order valence-electron chi connectivity index (χ1n) is 39.4. The molecule has 6 aromatic rings. The number of carbonyl (C=O) groups is 4. The van der Waals surface area contributed by atoms with Crippen molar-refractivity contribution in [3.05, 3.63) is 196 Å². The molecule has 0 unspecified atom stereocenters. The molecule has 4 amide bonds. The van der Waals surface area contributed by atoms with Gasteiger partial charge in [-0.25, -0.2) is 4.79 Å².